The zero-order chi connectivity index (χ0) is 23.1. The Kier molecular flexibility index (Phi) is 5.57. The zero-order valence-corrected chi connectivity index (χ0v) is 19.8. The molecule has 0 unspecified atom stereocenters. The van der Waals surface area contributed by atoms with E-state index in [-0.39, 0.29) is 6.79 Å². The Labute approximate surface area is 209 Å². The molecule has 2 aliphatic heterocycles. The minimum absolute atomic E-state index is 0.156. The highest BCUT2D eigenvalue weighted by atomic mass is 35.5. The summed E-state index contributed by atoms with van der Waals surface area (Å²) in [5, 5.41) is 13.9. The molecule has 3 heterocycles. The van der Waals surface area contributed by atoms with E-state index in [1.54, 1.807) is 6.07 Å². The highest BCUT2D eigenvalue weighted by Crippen LogP contribution is 2.44. The van der Waals surface area contributed by atoms with Crippen molar-refractivity contribution in [1.29, 1.82) is 0 Å². The highest BCUT2D eigenvalue weighted by molar-refractivity contribution is 7.98. The van der Waals surface area contributed by atoms with Crippen LogP contribution >= 0.6 is 35.0 Å². The molecule has 0 bridgehead atoms. The number of thioether (sulfide) groups is 1. The molecule has 6 rings (SSSR count). The average molecular weight is 511 g/mol. The molecule has 7 nitrogen and oxygen atoms in total. The Morgan fingerprint density at radius 1 is 0.941 bits per heavy atom. The monoisotopic (exact) mass is 510 g/mol. The van der Waals surface area contributed by atoms with E-state index in [1.807, 2.05) is 54.6 Å². The number of benzene rings is 3. The summed E-state index contributed by atoms with van der Waals surface area (Å²) in [5.41, 5.74) is 3.89. The summed E-state index contributed by atoms with van der Waals surface area (Å²) in [4.78, 5) is 4.68. The summed E-state index contributed by atoms with van der Waals surface area (Å²) in [6, 6.07) is 19.0. The van der Waals surface area contributed by atoms with Gasteiger partial charge in [0.2, 0.25) is 17.8 Å². The summed E-state index contributed by atoms with van der Waals surface area (Å²) < 4.78 is 17.3. The van der Waals surface area contributed by atoms with Gasteiger partial charge in [0.25, 0.3) is 0 Å². The first-order chi connectivity index (χ1) is 16.7. The standard InChI is InChI=1S/C24H16Cl2N4O3S/c25-16-7-3-1-5-13(16)11-34-24-28-23-21(29-30-24)14-6-2-4-8-18(14)27-22(33-23)15-9-19-20(10-17(15)26)32-12-31-19/h1-10,22,27H,11-12H2/t22-/m0/s1. The molecule has 2 aliphatic rings. The second kappa shape index (κ2) is 8.87. The van der Waals surface area contributed by atoms with Gasteiger partial charge in [-0.25, -0.2) is 0 Å². The third kappa shape index (κ3) is 3.98. The van der Waals surface area contributed by atoms with Crippen LogP contribution in [0.25, 0.3) is 11.3 Å². The van der Waals surface area contributed by atoms with Crippen molar-refractivity contribution < 1.29 is 14.2 Å². The number of hydrogen-bond acceptors (Lipinski definition) is 8. The maximum absolute atomic E-state index is 6.59. The molecule has 34 heavy (non-hydrogen) atoms. The molecule has 0 spiro atoms. The van der Waals surface area contributed by atoms with Crippen LogP contribution < -0.4 is 19.5 Å². The lowest BCUT2D eigenvalue weighted by molar-refractivity contribution is 0.173. The number of para-hydroxylation sites is 1. The fourth-order valence-corrected chi connectivity index (χ4v) is 5.06. The Morgan fingerprint density at radius 3 is 2.62 bits per heavy atom. The highest BCUT2D eigenvalue weighted by Gasteiger charge is 2.29. The van der Waals surface area contributed by atoms with Crippen molar-refractivity contribution in [3.05, 3.63) is 81.8 Å². The second-order valence-corrected chi connectivity index (χ2v) is 9.30. The van der Waals surface area contributed by atoms with Crippen LogP contribution in [-0.2, 0) is 5.75 Å². The van der Waals surface area contributed by atoms with Gasteiger partial charge >= 0.3 is 0 Å². The van der Waals surface area contributed by atoms with Crippen LogP contribution in [0.4, 0.5) is 5.69 Å². The topological polar surface area (TPSA) is 78.4 Å². The molecule has 1 aromatic heterocycles. The number of nitrogens with zero attached hydrogens (tertiary/aromatic N) is 3. The number of nitrogens with one attached hydrogen (secondary N) is 1. The SMILES string of the molecule is Clc1ccccc1CSc1nnc2c(n1)O[C@@H](c1cc3c(cc1Cl)OCO3)Nc1ccccc1-2. The Hall–Kier alpha value is -3.20. The summed E-state index contributed by atoms with van der Waals surface area (Å²) in [6.07, 6.45) is -0.637. The van der Waals surface area contributed by atoms with Crippen molar-refractivity contribution >= 4 is 40.7 Å². The molecule has 1 atom stereocenters. The third-order valence-electron chi connectivity index (χ3n) is 5.42. The van der Waals surface area contributed by atoms with Gasteiger partial charge in [0.1, 0.15) is 0 Å². The molecule has 1 N–H and O–H groups in total. The number of hydrogen-bond donors (Lipinski definition) is 1. The molecule has 0 fully saturated rings. The third-order valence-corrected chi connectivity index (χ3v) is 7.01. The molecule has 4 aromatic rings. The number of anilines is 1. The normalized spacial score (nSPS) is 15.5. The molecule has 0 amide bonds. The quantitative estimate of drug-likeness (QED) is 0.317. The minimum atomic E-state index is -0.637. The van der Waals surface area contributed by atoms with Crippen molar-refractivity contribution in [3.63, 3.8) is 0 Å². The van der Waals surface area contributed by atoms with Crippen LogP contribution in [0, 0.1) is 0 Å². The maximum Gasteiger partial charge on any atom is 0.247 e. The zero-order valence-electron chi connectivity index (χ0n) is 17.5. The van der Waals surface area contributed by atoms with E-state index in [1.165, 1.54) is 11.8 Å². The fraction of sp³-hybridized carbons (Fsp3) is 0.125. The van der Waals surface area contributed by atoms with Gasteiger partial charge in [0.15, 0.2) is 23.4 Å². The molecule has 0 saturated heterocycles. The summed E-state index contributed by atoms with van der Waals surface area (Å²) in [6.45, 7) is 0.156. The molecular weight excluding hydrogens is 495 g/mol. The first-order valence-electron chi connectivity index (χ1n) is 10.4. The minimum Gasteiger partial charge on any atom is -0.454 e. The average Bonchev–Trinajstić information content (AvgIpc) is 3.23. The number of rotatable bonds is 4. The second-order valence-electron chi connectivity index (χ2n) is 7.54. The van der Waals surface area contributed by atoms with Gasteiger partial charge in [-0.2, -0.15) is 4.98 Å². The van der Waals surface area contributed by atoms with E-state index < -0.39 is 6.23 Å². The van der Waals surface area contributed by atoms with E-state index in [2.05, 4.69) is 20.5 Å². The maximum atomic E-state index is 6.59. The van der Waals surface area contributed by atoms with Crippen LogP contribution in [0.1, 0.15) is 17.4 Å². The van der Waals surface area contributed by atoms with Gasteiger partial charge in [0, 0.05) is 33.7 Å². The summed E-state index contributed by atoms with van der Waals surface area (Å²) in [7, 11) is 0. The molecule has 3 aromatic carbocycles. The van der Waals surface area contributed by atoms with Gasteiger partial charge in [-0.15, -0.1) is 10.2 Å². The van der Waals surface area contributed by atoms with E-state index in [4.69, 9.17) is 37.4 Å². The van der Waals surface area contributed by atoms with Crippen LogP contribution in [0.5, 0.6) is 17.4 Å². The molecule has 170 valence electrons. The molecule has 0 aliphatic carbocycles. The number of halogens is 2. The van der Waals surface area contributed by atoms with Crippen LogP contribution in [0.15, 0.2) is 65.8 Å². The van der Waals surface area contributed by atoms with Crippen LogP contribution in [-0.4, -0.2) is 22.0 Å². The Morgan fingerprint density at radius 2 is 1.74 bits per heavy atom. The molecule has 0 saturated carbocycles. The number of fused-ring (bicyclic) bond motifs is 4. The lowest BCUT2D eigenvalue weighted by atomic mass is 10.1. The molecule has 10 heteroatoms. The lowest BCUT2D eigenvalue weighted by Gasteiger charge is -2.20. The molecular formula is C24H16Cl2N4O3S. The van der Waals surface area contributed by atoms with E-state index in [9.17, 15) is 0 Å². The first kappa shape index (κ1) is 21.3. The fourth-order valence-electron chi connectivity index (χ4n) is 3.74. The van der Waals surface area contributed by atoms with E-state index in [0.717, 1.165) is 16.8 Å². The summed E-state index contributed by atoms with van der Waals surface area (Å²) in [5.74, 6) is 2.17. The van der Waals surface area contributed by atoms with E-state index >= 15 is 0 Å². The largest absolute Gasteiger partial charge is 0.454 e. The lowest BCUT2D eigenvalue weighted by Crippen LogP contribution is -2.17. The van der Waals surface area contributed by atoms with Gasteiger partial charge in [-0.3, -0.25) is 0 Å². The summed E-state index contributed by atoms with van der Waals surface area (Å²) >= 11 is 14.3. The smallest absolute Gasteiger partial charge is 0.247 e. The van der Waals surface area contributed by atoms with E-state index in [0.29, 0.717) is 49.6 Å². The predicted molar refractivity (Wildman–Crippen MR) is 131 cm³/mol. The van der Waals surface area contributed by atoms with Crippen molar-refractivity contribution in [2.45, 2.75) is 17.1 Å². The van der Waals surface area contributed by atoms with Crippen molar-refractivity contribution in [1.82, 2.24) is 15.2 Å². The van der Waals surface area contributed by atoms with Gasteiger partial charge < -0.3 is 19.5 Å². The van der Waals surface area contributed by atoms with Crippen LogP contribution in [0.3, 0.4) is 0 Å². The predicted octanol–water partition coefficient (Wildman–Crippen LogP) is 6.37. The number of aromatic nitrogens is 3. The van der Waals surface area contributed by atoms with Crippen molar-refractivity contribution in [2.75, 3.05) is 12.1 Å². The van der Waals surface area contributed by atoms with Gasteiger partial charge in [0.05, 0.1) is 5.02 Å². The van der Waals surface area contributed by atoms with Crippen LogP contribution in [0.2, 0.25) is 10.0 Å². The Balaban J connectivity index is 1.37. The first-order valence-corrected chi connectivity index (χ1v) is 12.1. The Bertz CT molecular complexity index is 1400. The molecule has 0 radical (unpaired) electrons. The van der Waals surface area contributed by atoms with Crippen molar-refractivity contribution in [3.8, 4) is 28.6 Å². The van der Waals surface area contributed by atoms with Gasteiger partial charge in [-0.1, -0.05) is 71.4 Å². The van der Waals surface area contributed by atoms with Gasteiger partial charge in [-0.05, 0) is 23.8 Å². The van der Waals surface area contributed by atoms with Crippen molar-refractivity contribution in [2.24, 2.45) is 0 Å². The number of ether oxygens (including phenoxy) is 3.